The van der Waals surface area contributed by atoms with E-state index in [0.717, 1.165) is 24.2 Å². The third-order valence-electron chi connectivity index (χ3n) is 5.34. The number of hydrogen-bond donors (Lipinski definition) is 0. The third kappa shape index (κ3) is 2.62. The Bertz CT molecular complexity index is 970. The first-order valence-electron chi connectivity index (χ1n) is 9.01. The zero-order valence-electron chi connectivity index (χ0n) is 14.6. The fourth-order valence-corrected chi connectivity index (χ4v) is 3.78. The molecule has 0 bridgehead atoms. The van der Waals surface area contributed by atoms with Gasteiger partial charge in [-0.05, 0) is 29.5 Å². The van der Waals surface area contributed by atoms with E-state index in [0.29, 0.717) is 24.7 Å². The van der Waals surface area contributed by atoms with E-state index in [2.05, 4.69) is 28.5 Å². The Morgan fingerprint density at radius 1 is 1.27 bits per heavy atom. The van der Waals surface area contributed by atoms with E-state index in [1.807, 2.05) is 36.5 Å². The van der Waals surface area contributed by atoms with Crippen LogP contribution in [0.4, 0.5) is 0 Å². The van der Waals surface area contributed by atoms with Gasteiger partial charge in [0, 0.05) is 44.2 Å². The van der Waals surface area contributed by atoms with Gasteiger partial charge in [-0.2, -0.15) is 5.10 Å². The number of nitrogens with zero attached hydrogens (tertiary/aromatic N) is 4. The van der Waals surface area contributed by atoms with Gasteiger partial charge in [0.15, 0.2) is 5.69 Å². The summed E-state index contributed by atoms with van der Waals surface area (Å²) in [6.07, 6.45) is 6.17. The minimum atomic E-state index is -0.0657. The molecule has 0 spiro atoms. The minimum Gasteiger partial charge on any atom is -0.360 e. The van der Waals surface area contributed by atoms with Gasteiger partial charge in [0.05, 0.1) is 6.20 Å². The standard InChI is InChI=1S/C20H20N4O2/c1-23-10-15(9-21-23)17-12-24(11-14-4-2-3-5-16(14)17)20(25)18-8-19(26-22-18)13-6-7-13/h2-5,8-10,13,17H,6-7,11-12H2,1H3. The van der Waals surface area contributed by atoms with Crippen LogP contribution in [0, 0.1) is 0 Å². The van der Waals surface area contributed by atoms with Crippen LogP contribution in [-0.2, 0) is 13.6 Å². The number of hydrogen-bond acceptors (Lipinski definition) is 4. The fraction of sp³-hybridized carbons (Fsp3) is 0.350. The second-order valence-corrected chi connectivity index (χ2v) is 7.27. The zero-order chi connectivity index (χ0) is 17.7. The van der Waals surface area contributed by atoms with Crippen molar-refractivity contribution < 1.29 is 9.32 Å². The molecule has 0 radical (unpaired) electrons. The smallest absolute Gasteiger partial charge is 0.276 e. The number of aromatic nitrogens is 3. The predicted octanol–water partition coefficient (Wildman–Crippen LogP) is 3.07. The van der Waals surface area contributed by atoms with Gasteiger partial charge in [-0.25, -0.2) is 0 Å². The monoisotopic (exact) mass is 348 g/mol. The Morgan fingerprint density at radius 3 is 2.88 bits per heavy atom. The molecule has 1 aliphatic heterocycles. The Kier molecular flexibility index (Phi) is 3.45. The van der Waals surface area contributed by atoms with Crippen LogP contribution < -0.4 is 0 Å². The molecule has 2 aliphatic rings. The van der Waals surface area contributed by atoms with Gasteiger partial charge in [-0.15, -0.1) is 0 Å². The maximum atomic E-state index is 13.0. The van der Waals surface area contributed by atoms with Crippen molar-refractivity contribution in [2.75, 3.05) is 6.54 Å². The molecule has 6 nitrogen and oxygen atoms in total. The lowest BCUT2D eigenvalue weighted by Crippen LogP contribution is -2.38. The summed E-state index contributed by atoms with van der Waals surface area (Å²) in [6.45, 7) is 1.21. The van der Waals surface area contributed by atoms with E-state index >= 15 is 0 Å². The normalized spacial score (nSPS) is 19.4. The van der Waals surface area contributed by atoms with Gasteiger partial charge >= 0.3 is 0 Å². The Morgan fingerprint density at radius 2 is 2.12 bits per heavy atom. The van der Waals surface area contributed by atoms with Crippen LogP contribution in [0.1, 0.15) is 57.6 Å². The van der Waals surface area contributed by atoms with Crippen molar-refractivity contribution >= 4 is 5.91 Å². The van der Waals surface area contributed by atoms with Crippen molar-refractivity contribution in [1.82, 2.24) is 19.8 Å². The Labute approximate surface area is 151 Å². The maximum absolute atomic E-state index is 13.0. The van der Waals surface area contributed by atoms with Gasteiger partial charge in [-0.1, -0.05) is 29.4 Å². The molecular weight excluding hydrogens is 328 g/mol. The molecule has 6 heteroatoms. The first-order valence-corrected chi connectivity index (χ1v) is 9.01. The molecule has 5 rings (SSSR count). The van der Waals surface area contributed by atoms with Crippen molar-refractivity contribution in [1.29, 1.82) is 0 Å². The van der Waals surface area contributed by atoms with Crippen molar-refractivity contribution in [2.45, 2.75) is 31.2 Å². The maximum Gasteiger partial charge on any atom is 0.276 e. The van der Waals surface area contributed by atoms with Gasteiger partial charge in [0.2, 0.25) is 0 Å². The first kappa shape index (κ1) is 15.4. The van der Waals surface area contributed by atoms with Gasteiger partial charge < -0.3 is 9.42 Å². The second-order valence-electron chi connectivity index (χ2n) is 7.27. The number of amides is 1. The van der Waals surface area contributed by atoms with Gasteiger partial charge in [0.1, 0.15) is 5.76 Å². The third-order valence-corrected chi connectivity index (χ3v) is 5.34. The Hall–Kier alpha value is -2.89. The van der Waals surface area contributed by atoms with Crippen LogP contribution in [-0.4, -0.2) is 32.3 Å². The molecule has 1 aliphatic carbocycles. The largest absolute Gasteiger partial charge is 0.360 e. The van der Waals surface area contributed by atoms with E-state index < -0.39 is 0 Å². The van der Waals surface area contributed by atoms with Crippen molar-refractivity contribution in [3.05, 3.63) is 70.9 Å². The van der Waals surface area contributed by atoms with E-state index in [4.69, 9.17) is 4.52 Å². The van der Waals surface area contributed by atoms with E-state index in [-0.39, 0.29) is 11.8 Å². The molecule has 3 heterocycles. The van der Waals surface area contributed by atoms with Crippen molar-refractivity contribution in [3.8, 4) is 0 Å². The van der Waals surface area contributed by atoms with E-state index in [1.54, 1.807) is 4.68 Å². The highest BCUT2D eigenvalue weighted by atomic mass is 16.5. The quantitative estimate of drug-likeness (QED) is 0.730. The second kappa shape index (κ2) is 5.83. The molecule has 0 saturated heterocycles. The number of aryl methyl sites for hydroxylation is 1. The SMILES string of the molecule is Cn1cc(C2CN(C(=O)c3cc(C4CC4)on3)Cc3ccccc32)cn1. The van der Waals surface area contributed by atoms with Crippen LogP contribution >= 0.6 is 0 Å². The number of benzene rings is 1. The summed E-state index contributed by atoms with van der Waals surface area (Å²) >= 11 is 0. The summed E-state index contributed by atoms with van der Waals surface area (Å²) in [5.74, 6) is 1.35. The molecule has 2 aromatic heterocycles. The number of rotatable bonds is 3. The van der Waals surface area contributed by atoms with Crippen LogP contribution in [0.15, 0.2) is 47.2 Å². The lowest BCUT2D eigenvalue weighted by molar-refractivity contribution is 0.0714. The average Bonchev–Trinajstić information content (AvgIpc) is 3.23. The Balaban J connectivity index is 1.47. The fourth-order valence-electron chi connectivity index (χ4n) is 3.78. The molecular formula is C20H20N4O2. The zero-order valence-corrected chi connectivity index (χ0v) is 14.6. The van der Waals surface area contributed by atoms with Gasteiger partial charge in [-0.3, -0.25) is 9.48 Å². The highest BCUT2D eigenvalue weighted by Crippen LogP contribution is 2.40. The highest BCUT2D eigenvalue weighted by molar-refractivity contribution is 5.92. The molecule has 132 valence electrons. The average molecular weight is 348 g/mol. The lowest BCUT2D eigenvalue weighted by atomic mass is 9.86. The molecule has 0 N–H and O–H groups in total. The van der Waals surface area contributed by atoms with Crippen molar-refractivity contribution in [3.63, 3.8) is 0 Å². The summed E-state index contributed by atoms with van der Waals surface area (Å²) in [5, 5.41) is 8.34. The number of fused-ring (bicyclic) bond motifs is 1. The predicted molar refractivity (Wildman–Crippen MR) is 94.7 cm³/mol. The summed E-state index contributed by atoms with van der Waals surface area (Å²) in [4.78, 5) is 14.9. The van der Waals surface area contributed by atoms with E-state index in [1.165, 1.54) is 11.1 Å². The summed E-state index contributed by atoms with van der Waals surface area (Å²) in [7, 11) is 1.91. The molecule has 1 atom stereocenters. The number of carbonyl (C=O) groups excluding carboxylic acids is 1. The van der Waals surface area contributed by atoms with Crippen molar-refractivity contribution in [2.24, 2.45) is 7.05 Å². The summed E-state index contributed by atoms with van der Waals surface area (Å²) in [5.41, 5.74) is 3.97. The van der Waals surface area contributed by atoms with Crippen LogP contribution in [0.25, 0.3) is 0 Å². The molecule has 1 unspecified atom stereocenters. The highest BCUT2D eigenvalue weighted by Gasteiger charge is 2.33. The molecule has 1 fully saturated rings. The molecule has 3 aromatic rings. The molecule has 26 heavy (non-hydrogen) atoms. The van der Waals surface area contributed by atoms with Crippen LogP contribution in [0.3, 0.4) is 0 Å². The summed E-state index contributed by atoms with van der Waals surface area (Å²) < 4.78 is 7.18. The molecule has 1 saturated carbocycles. The summed E-state index contributed by atoms with van der Waals surface area (Å²) in [6, 6.07) is 10.1. The minimum absolute atomic E-state index is 0.0657. The molecule has 1 aromatic carbocycles. The van der Waals surface area contributed by atoms with Crippen LogP contribution in [0.5, 0.6) is 0 Å². The number of carbonyl (C=O) groups is 1. The lowest BCUT2D eigenvalue weighted by Gasteiger charge is -2.34. The van der Waals surface area contributed by atoms with E-state index in [9.17, 15) is 4.79 Å². The first-order chi connectivity index (χ1) is 12.7. The van der Waals surface area contributed by atoms with Crippen LogP contribution in [0.2, 0.25) is 0 Å². The molecule has 1 amide bonds. The van der Waals surface area contributed by atoms with Gasteiger partial charge in [0.25, 0.3) is 5.91 Å². The topological polar surface area (TPSA) is 64.2 Å².